The average Bonchev–Trinajstić information content (AvgIpc) is 3.40. The fourth-order valence-corrected chi connectivity index (χ4v) is 4.31. The van der Waals surface area contributed by atoms with Crippen molar-refractivity contribution in [3.63, 3.8) is 0 Å². The lowest BCUT2D eigenvalue weighted by molar-refractivity contribution is -0.115. The van der Waals surface area contributed by atoms with Crippen molar-refractivity contribution in [2.24, 2.45) is 0 Å². The number of halogens is 1. The molecule has 4 heterocycles. The number of likely N-dealkylation sites (tertiary alicyclic amines) is 1. The third kappa shape index (κ3) is 3.83. The molecule has 0 unspecified atom stereocenters. The Kier molecular flexibility index (Phi) is 5.40. The molecular weight excluding hydrogens is 460 g/mol. The molecule has 1 aliphatic heterocycles. The molecule has 11 nitrogen and oxygen atoms in total. The third-order valence-corrected chi connectivity index (χ3v) is 6.07. The second kappa shape index (κ2) is 8.41. The van der Waals surface area contributed by atoms with E-state index in [0.29, 0.717) is 39.4 Å². The van der Waals surface area contributed by atoms with Crippen LogP contribution in [0.5, 0.6) is 0 Å². The fraction of sp³-hybridized carbons (Fsp3) is 0.273. The first-order chi connectivity index (χ1) is 16.3. The maximum Gasteiger partial charge on any atom is 0.302 e. The first-order valence-electron chi connectivity index (χ1n) is 10.6. The predicted octanol–water partition coefficient (Wildman–Crippen LogP) is 3.20. The maximum atomic E-state index is 13.2. The van der Waals surface area contributed by atoms with Gasteiger partial charge in [-0.15, -0.1) is 0 Å². The Morgan fingerprint density at radius 3 is 2.94 bits per heavy atom. The normalized spacial score (nSPS) is 16.2. The number of carbonyl (C=O) groups is 2. The van der Waals surface area contributed by atoms with Crippen molar-refractivity contribution in [1.82, 2.24) is 29.6 Å². The number of anilines is 2. The summed E-state index contributed by atoms with van der Waals surface area (Å²) >= 11 is 6.00. The Hall–Kier alpha value is -3.99. The van der Waals surface area contributed by atoms with Gasteiger partial charge in [-0.2, -0.15) is 10.1 Å². The number of hydrogen-bond acceptors (Lipinski definition) is 9. The smallest absolute Gasteiger partial charge is 0.302 e. The molecule has 1 aromatic carbocycles. The van der Waals surface area contributed by atoms with Gasteiger partial charge in [-0.25, -0.2) is 14.6 Å². The Morgan fingerprint density at radius 2 is 2.15 bits per heavy atom. The molecule has 1 saturated heterocycles. The van der Waals surface area contributed by atoms with E-state index in [1.54, 1.807) is 22.9 Å². The van der Waals surface area contributed by atoms with Crippen LogP contribution in [0.25, 0.3) is 22.1 Å². The van der Waals surface area contributed by atoms with Gasteiger partial charge in [0.25, 0.3) is 5.91 Å². The number of oxazole rings is 1. The molecule has 3 aromatic heterocycles. The molecule has 0 spiro atoms. The molecule has 5 rings (SSSR count). The van der Waals surface area contributed by atoms with Crippen molar-refractivity contribution in [2.45, 2.75) is 25.8 Å². The molecule has 1 amide bonds. The van der Waals surface area contributed by atoms with Crippen molar-refractivity contribution < 1.29 is 14.0 Å². The summed E-state index contributed by atoms with van der Waals surface area (Å²) in [4.78, 5) is 39.6. The number of allylic oxidation sites excluding steroid dienone is 1. The van der Waals surface area contributed by atoms with Crippen molar-refractivity contribution in [1.29, 1.82) is 0 Å². The molecule has 34 heavy (non-hydrogen) atoms. The fourth-order valence-electron chi connectivity index (χ4n) is 4.14. The van der Waals surface area contributed by atoms with E-state index in [1.165, 1.54) is 13.3 Å². The van der Waals surface area contributed by atoms with E-state index in [0.717, 1.165) is 19.4 Å². The molecule has 0 aliphatic carbocycles. The van der Waals surface area contributed by atoms with Crippen LogP contribution in [0, 0.1) is 0 Å². The van der Waals surface area contributed by atoms with Crippen LogP contribution in [-0.2, 0) is 4.79 Å². The highest BCUT2D eigenvalue weighted by Gasteiger charge is 2.29. The predicted molar refractivity (Wildman–Crippen MR) is 126 cm³/mol. The number of benzene rings is 1. The Bertz CT molecular complexity index is 1460. The first-order valence-corrected chi connectivity index (χ1v) is 11.0. The van der Waals surface area contributed by atoms with Crippen LogP contribution in [0.15, 0.2) is 41.2 Å². The molecule has 1 fully saturated rings. The summed E-state index contributed by atoms with van der Waals surface area (Å²) < 4.78 is 7.27. The quantitative estimate of drug-likeness (QED) is 0.411. The van der Waals surface area contributed by atoms with Gasteiger partial charge < -0.3 is 15.1 Å². The largest absolute Gasteiger partial charge is 0.423 e. The Morgan fingerprint density at radius 1 is 1.32 bits per heavy atom. The van der Waals surface area contributed by atoms with Gasteiger partial charge in [0.15, 0.2) is 22.7 Å². The number of amides is 1. The number of Topliss-reactive ketones (excluding diaryl/α,β-unsaturated/α-hetero) is 1. The van der Waals surface area contributed by atoms with E-state index >= 15 is 0 Å². The summed E-state index contributed by atoms with van der Waals surface area (Å²) in [5.74, 6) is -0.521. The molecule has 12 heteroatoms. The summed E-state index contributed by atoms with van der Waals surface area (Å²) in [5.41, 5.74) is 8.04. The molecule has 4 aromatic rings. The summed E-state index contributed by atoms with van der Waals surface area (Å²) in [7, 11) is 0. The van der Waals surface area contributed by atoms with E-state index in [-0.39, 0.29) is 29.4 Å². The average molecular weight is 481 g/mol. The summed E-state index contributed by atoms with van der Waals surface area (Å²) in [6.45, 7) is 6.62. The minimum absolute atomic E-state index is 0.00184. The first kappa shape index (κ1) is 21.8. The second-order valence-electron chi connectivity index (χ2n) is 8.08. The summed E-state index contributed by atoms with van der Waals surface area (Å²) in [6, 6.07) is 4.83. The van der Waals surface area contributed by atoms with Gasteiger partial charge in [0.2, 0.25) is 0 Å². The lowest BCUT2D eigenvalue weighted by Crippen LogP contribution is -2.37. The number of nitrogens with one attached hydrogen (secondary N) is 1. The molecule has 3 N–H and O–H groups in total. The van der Waals surface area contributed by atoms with Crippen LogP contribution in [0.2, 0.25) is 5.02 Å². The zero-order valence-corrected chi connectivity index (χ0v) is 19.0. The van der Waals surface area contributed by atoms with Crippen LogP contribution < -0.4 is 11.1 Å². The number of rotatable bonds is 5. The number of nitrogens with two attached hydrogens (primary N) is 1. The SMILES string of the molecule is C=C(C(C)=O)N1CCC[C@@H](n2nc(C(=O)Nc3nc4cc(Cl)ccc4o3)c3c(N)ncnc32)C1. The van der Waals surface area contributed by atoms with Crippen LogP contribution >= 0.6 is 11.6 Å². The van der Waals surface area contributed by atoms with E-state index in [9.17, 15) is 9.59 Å². The Balaban J connectivity index is 1.49. The number of carbonyl (C=O) groups excluding carboxylic acids is 2. The highest BCUT2D eigenvalue weighted by molar-refractivity contribution is 6.31. The van der Waals surface area contributed by atoms with Crippen LogP contribution in [-0.4, -0.2) is 54.4 Å². The lowest BCUT2D eigenvalue weighted by Gasteiger charge is -2.34. The number of piperidine rings is 1. The summed E-state index contributed by atoms with van der Waals surface area (Å²) in [5, 5.41) is 8.03. The minimum atomic E-state index is -0.566. The van der Waals surface area contributed by atoms with Gasteiger partial charge in [0, 0.05) is 25.0 Å². The van der Waals surface area contributed by atoms with Crippen molar-refractivity contribution >= 4 is 57.3 Å². The molecule has 0 bridgehead atoms. The highest BCUT2D eigenvalue weighted by atomic mass is 35.5. The number of aromatic nitrogens is 5. The van der Waals surface area contributed by atoms with Crippen molar-refractivity contribution in [2.75, 3.05) is 24.1 Å². The molecule has 1 aliphatic rings. The molecule has 0 radical (unpaired) electrons. The second-order valence-corrected chi connectivity index (χ2v) is 8.52. The molecule has 1 atom stereocenters. The monoisotopic (exact) mass is 480 g/mol. The van der Waals surface area contributed by atoms with E-state index in [4.69, 9.17) is 21.8 Å². The number of fused-ring (bicyclic) bond motifs is 2. The van der Waals surface area contributed by atoms with Crippen molar-refractivity contribution in [3.8, 4) is 0 Å². The summed E-state index contributed by atoms with van der Waals surface area (Å²) in [6.07, 6.45) is 2.94. The number of nitrogen functional groups attached to an aromatic ring is 1. The zero-order valence-electron chi connectivity index (χ0n) is 18.3. The topological polar surface area (TPSA) is 145 Å². The van der Waals surface area contributed by atoms with Crippen LogP contribution in [0.1, 0.15) is 36.3 Å². The zero-order chi connectivity index (χ0) is 24.0. The highest BCUT2D eigenvalue weighted by Crippen LogP contribution is 2.30. The van der Waals surface area contributed by atoms with E-state index < -0.39 is 5.91 Å². The molecular formula is C22H21ClN8O3. The van der Waals surface area contributed by atoms with Crippen LogP contribution in [0.4, 0.5) is 11.8 Å². The molecule has 174 valence electrons. The number of hydrogen-bond donors (Lipinski definition) is 2. The van der Waals surface area contributed by atoms with Gasteiger partial charge in [0.1, 0.15) is 17.7 Å². The van der Waals surface area contributed by atoms with Crippen LogP contribution in [0.3, 0.4) is 0 Å². The van der Waals surface area contributed by atoms with E-state index in [1.807, 2.05) is 4.90 Å². The minimum Gasteiger partial charge on any atom is -0.423 e. The van der Waals surface area contributed by atoms with Gasteiger partial charge >= 0.3 is 6.01 Å². The standard InChI is InChI=1S/C22H21ClN8O3/c1-11(12(2)32)30-7-3-4-14(9-30)31-20-17(19(24)25-10-26-20)18(29-31)21(33)28-22-27-15-8-13(23)5-6-16(15)34-22/h5-6,8,10,14H,1,3-4,7,9H2,2H3,(H2,24,25,26)(H,27,28,33)/t14-/m1/s1. The van der Waals surface area contributed by atoms with E-state index in [2.05, 4.69) is 31.9 Å². The van der Waals surface area contributed by atoms with Crippen molar-refractivity contribution in [3.05, 3.63) is 47.5 Å². The third-order valence-electron chi connectivity index (χ3n) is 5.83. The van der Waals surface area contributed by atoms with Gasteiger partial charge in [0.05, 0.1) is 17.1 Å². The molecule has 0 saturated carbocycles. The van der Waals surface area contributed by atoms with Gasteiger partial charge in [-0.3, -0.25) is 14.9 Å². The Labute approximate surface area is 198 Å². The number of ketones is 1. The number of nitrogens with zero attached hydrogens (tertiary/aromatic N) is 6. The van der Waals surface area contributed by atoms with Gasteiger partial charge in [-0.05, 0) is 31.0 Å². The maximum absolute atomic E-state index is 13.2. The lowest BCUT2D eigenvalue weighted by atomic mass is 10.0. The van der Waals surface area contributed by atoms with Gasteiger partial charge in [-0.1, -0.05) is 18.2 Å².